The van der Waals surface area contributed by atoms with Crippen molar-refractivity contribution in [2.45, 2.75) is 13.3 Å². The van der Waals surface area contributed by atoms with Crippen molar-refractivity contribution < 1.29 is 9.53 Å². The summed E-state index contributed by atoms with van der Waals surface area (Å²) >= 11 is 1.47. The Bertz CT molecular complexity index is 234. The Morgan fingerprint density at radius 1 is 1.50 bits per heavy atom. The monoisotopic (exact) mass is 265 g/mol. The lowest BCUT2D eigenvalue weighted by Crippen LogP contribution is -2.24. The van der Waals surface area contributed by atoms with E-state index in [1.54, 1.807) is 6.92 Å². The van der Waals surface area contributed by atoms with E-state index >= 15 is 0 Å². The molecule has 2 aliphatic rings. The fraction of sp³-hybridized carbons (Fsp3) is 0.909. The van der Waals surface area contributed by atoms with Crippen LogP contribution in [0.4, 0.5) is 0 Å². The summed E-state index contributed by atoms with van der Waals surface area (Å²) in [5.74, 6) is 3.08. The van der Waals surface area contributed by atoms with Gasteiger partial charge in [0.1, 0.15) is 0 Å². The van der Waals surface area contributed by atoms with E-state index in [0.29, 0.717) is 5.92 Å². The van der Waals surface area contributed by atoms with Crippen molar-refractivity contribution in [3.63, 3.8) is 0 Å². The Morgan fingerprint density at radius 2 is 2.31 bits per heavy atom. The molecule has 3 atom stereocenters. The lowest BCUT2D eigenvalue weighted by molar-refractivity contribution is -0.109. The maximum absolute atomic E-state index is 10.9. The summed E-state index contributed by atoms with van der Waals surface area (Å²) in [5.41, 5.74) is 0. The molecule has 1 N–H and O–H groups in total. The predicted molar refractivity (Wildman–Crippen MR) is 69.2 cm³/mol. The first-order valence-electron chi connectivity index (χ1n) is 5.69. The van der Waals surface area contributed by atoms with Crippen LogP contribution in [0.2, 0.25) is 0 Å². The fourth-order valence-corrected chi connectivity index (χ4v) is 3.42. The van der Waals surface area contributed by atoms with Gasteiger partial charge in [-0.1, -0.05) is 11.8 Å². The first-order chi connectivity index (χ1) is 7.27. The molecule has 5 heteroatoms. The van der Waals surface area contributed by atoms with Crippen molar-refractivity contribution in [2.75, 3.05) is 32.1 Å². The average molecular weight is 266 g/mol. The summed E-state index contributed by atoms with van der Waals surface area (Å²) in [7, 11) is 0. The molecule has 0 bridgehead atoms. The van der Waals surface area contributed by atoms with E-state index < -0.39 is 0 Å². The zero-order chi connectivity index (χ0) is 10.7. The number of carbonyl (C=O) groups is 1. The minimum absolute atomic E-state index is 0. The number of carbonyl (C=O) groups excluding carboxylic acids is 1. The molecule has 2 saturated heterocycles. The van der Waals surface area contributed by atoms with E-state index in [1.165, 1.54) is 18.2 Å². The van der Waals surface area contributed by atoms with Crippen molar-refractivity contribution in [2.24, 2.45) is 17.8 Å². The molecule has 0 spiro atoms. The Morgan fingerprint density at radius 3 is 2.94 bits per heavy atom. The first kappa shape index (κ1) is 14.3. The molecule has 2 fully saturated rings. The van der Waals surface area contributed by atoms with Crippen LogP contribution in [-0.2, 0) is 9.53 Å². The third-order valence-electron chi connectivity index (χ3n) is 3.46. The highest BCUT2D eigenvalue weighted by molar-refractivity contribution is 8.13. The number of rotatable bonds is 3. The lowest BCUT2D eigenvalue weighted by Gasteiger charge is -2.22. The van der Waals surface area contributed by atoms with Gasteiger partial charge < -0.3 is 10.1 Å². The highest BCUT2D eigenvalue weighted by Crippen LogP contribution is 2.32. The maximum atomic E-state index is 10.9. The van der Waals surface area contributed by atoms with Gasteiger partial charge in [-0.15, -0.1) is 12.4 Å². The quantitative estimate of drug-likeness (QED) is 0.841. The van der Waals surface area contributed by atoms with Crippen molar-refractivity contribution >= 4 is 29.3 Å². The molecule has 0 aromatic carbocycles. The highest BCUT2D eigenvalue weighted by atomic mass is 35.5. The number of ether oxygens (including phenoxy) is 1. The van der Waals surface area contributed by atoms with Gasteiger partial charge in [0.25, 0.3) is 0 Å². The number of hydrogen-bond donors (Lipinski definition) is 1. The van der Waals surface area contributed by atoms with Crippen LogP contribution >= 0.6 is 24.2 Å². The molecule has 0 radical (unpaired) electrons. The topological polar surface area (TPSA) is 38.3 Å². The lowest BCUT2D eigenvalue weighted by atomic mass is 9.84. The molecule has 2 rings (SSSR count). The van der Waals surface area contributed by atoms with E-state index in [0.717, 1.165) is 43.9 Å². The van der Waals surface area contributed by atoms with E-state index in [2.05, 4.69) is 5.32 Å². The van der Waals surface area contributed by atoms with Gasteiger partial charge in [-0.3, -0.25) is 4.79 Å². The van der Waals surface area contributed by atoms with Gasteiger partial charge in [0.15, 0.2) is 5.12 Å². The third-order valence-corrected chi connectivity index (χ3v) is 4.46. The first-order valence-corrected chi connectivity index (χ1v) is 6.67. The molecule has 94 valence electrons. The second-order valence-corrected chi connectivity index (χ2v) is 5.71. The van der Waals surface area contributed by atoms with Crippen LogP contribution in [0.1, 0.15) is 13.3 Å². The zero-order valence-corrected chi connectivity index (χ0v) is 11.2. The van der Waals surface area contributed by atoms with Crippen LogP contribution in [0.25, 0.3) is 0 Å². The second-order valence-electron chi connectivity index (χ2n) is 4.51. The smallest absolute Gasteiger partial charge is 0.185 e. The molecule has 16 heavy (non-hydrogen) atoms. The molecular weight excluding hydrogens is 246 g/mol. The van der Waals surface area contributed by atoms with E-state index in [4.69, 9.17) is 4.74 Å². The molecule has 0 aromatic rings. The van der Waals surface area contributed by atoms with Crippen molar-refractivity contribution in [3.05, 3.63) is 0 Å². The highest BCUT2D eigenvalue weighted by Gasteiger charge is 2.35. The van der Waals surface area contributed by atoms with Gasteiger partial charge in [0.05, 0.1) is 0 Å². The van der Waals surface area contributed by atoms with Crippen molar-refractivity contribution in [3.8, 4) is 0 Å². The molecule has 0 saturated carbocycles. The summed E-state index contributed by atoms with van der Waals surface area (Å²) in [6, 6.07) is 0. The fourth-order valence-electron chi connectivity index (χ4n) is 2.60. The van der Waals surface area contributed by atoms with E-state index in [1.807, 2.05) is 0 Å². The van der Waals surface area contributed by atoms with Crippen LogP contribution in [0, 0.1) is 17.8 Å². The normalized spacial score (nSPS) is 33.7. The van der Waals surface area contributed by atoms with Gasteiger partial charge in [-0.05, 0) is 37.3 Å². The van der Waals surface area contributed by atoms with Gasteiger partial charge in [0, 0.05) is 25.9 Å². The van der Waals surface area contributed by atoms with Gasteiger partial charge >= 0.3 is 0 Å². The van der Waals surface area contributed by atoms with E-state index in [-0.39, 0.29) is 17.5 Å². The Kier molecular flexibility index (Phi) is 6.11. The standard InChI is InChI=1S/C11H19NO2S.ClH/c1-8(13)15-7-10-4-12-5-11(10)9-2-3-14-6-9;/h9-12H,2-7H2,1H3;1H. The Hall–Kier alpha value is 0.230. The summed E-state index contributed by atoms with van der Waals surface area (Å²) in [6.45, 7) is 5.68. The zero-order valence-electron chi connectivity index (χ0n) is 9.61. The third kappa shape index (κ3) is 3.62. The number of thioether (sulfide) groups is 1. The largest absolute Gasteiger partial charge is 0.381 e. The number of halogens is 1. The summed E-state index contributed by atoms with van der Waals surface area (Å²) < 4.78 is 5.44. The number of hydrogen-bond acceptors (Lipinski definition) is 4. The summed E-state index contributed by atoms with van der Waals surface area (Å²) in [5, 5.41) is 3.68. The van der Waals surface area contributed by atoms with Crippen LogP contribution in [0.5, 0.6) is 0 Å². The van der Waals surface area contributed by atoms with Crippen LogP contribution in [-0.4, -0.2) is 37.2 Å². The maximum Gasteiger partial charge on any atom is 0.185 e. The number of nitrogens with one attached hydrogen (secondary N) is 1. The van der Waals surface area contributed by atoms with Crippen molar-refractivity contribution in [1.82, 2.24) is 5.32 Å². The molecule has 3 nitrogen and oxygen atoms in total. The average Bonchev–Trinajstić information content (AvgIpc) is 2.85. The van der Waals surface area contributed by atoms with Gasteiger partial charge in [0.2, 0.25) is 0 Å². The molecule has 2 heterocycles. The Labute approximate surface area is 107 Å². The molecule has 0 aromatic heterocycles. The molecule has 0 amide bonds. The minimum Gasteiger partial charge on any atom is -0.381 e. The molecule has 2 aliphatic heterocycles. The summed E-state index contributed by atoms with van der Waals surface area (Å²) in [6.07, 6.45) is 1.20. The minimum atomic E-state index is 0. The van der Waals surface area contributed by atoms with Crippen LogP contribution < -0.4 is 5.32 Å². The SMILES string of the molecule is CC(=O)SCC1CNCC1C1CCOC1.Cl. The second kappa shape index (κ2) is 6.84. The van der Waals surface area contributed by atoms with Crippen molar-refractivity contribution in [1.29, 1.82) is 0 Å². The predicted octanol–water partition coefficient (Wildman–Crippen LogP) is 1.56. The van der Waals surface area contributed by atoms with Crippen LogP contribution in [0.3, 0.4) is 0 Å². The molecule has 3 unspecified atom stereocenters. The van der Waals surface area contributed by atoms with Gasteiger partial charge in [-0.2, -0.15) is 0 Å². The van der Waals surface area contributed by atoms with E-state index in [9.17, 15) is 4.79 Å². The van der Waals surface area contributed by atoms with Crippen LogP contribution in [0.15, 0.2) is 0 Å². The Balaban J connectivity index is 0.00000128. The molecular formula is C11H20ClNO2S. The van der Waals surface area contributed by atoms with Gasteiger partial charge in [-0.25, -0.2) is 0 Å². The molecule has 0 aliphatic carbocycles. The summed E-state index contributed by atoms with van der Waals surface area (Å²) in [4.78, 5) is 10.9.